The summed E-state index contributed by atoms with van der Waals surface area (Å²) in [7, 11) is 0. The fourth-order valence-corrected chi connectivity index (χ4v) is 2.53. The van der Waals surface area contributed by atoms with E-state index in [9.17, 15) is 0 Å². The summed E-state index contributed by atoms with van der Waals surface area (Å²) in [6, 6.07) is 6.28. The summed E-state index contributed by atoms with van der Waals surface area (Å²) in [5, 5.41) is 3.56. The van der Waals surface area contributed by atoms with Gasteiger partial charge in [0.15, 0.2) is 0 Å². The van der Waals surface area contributed by atoms with E-state index in [0.29, 0.717) is 13.2 Å². The van der Waals surface area contributed by atoms with Gasteiger partial charge in [-0.2, -0.15) is 0 Å². The van der Waals surface area contributed by atoms with Crippen LogP contribution in [0.4, 0.5) is 5.69 Å². The number of rotatable bonds is 3. The van der Waals surface area contributed by atoms with E-state index in [-0.39, 0.29) is 5.54 Å². The van der Waals surface area contributed by atoms with Crippen molar-refractivity contribution in [3.63, 3.8) is 0 Å². The molecule has 0 bridgehead atoms. The predicted molar refractivity (Wildman–Crippen MR) is 74.3 cm³/mol. The van der Waals surface area contributed by atoms with E-state index in [4.69, 9.17) is 10.5 Å². The van der Waals surface area contributed by atoms with Gasteiger partial charge in [-0.15, -0.1) is 0 Å². The van der Waals surface area contributed by atoms with Gasteiger partial charge < -0.3 is 15.8 Å². The zero-order valence-corrected chi connectivity index (χ0v) is 11.7. The fourth-order valence-electron chi connectivity index (χ4n) is 2.18. The highest BCUT2D eigenvalue weighted by Gasteiger charge is 2.31. The lowest BCUT2D eigenvalue weighted by Gasteiger charge is -2.38. The third kappa shape index (κ3) is 3.00. The topological polar surface area (TPSA) is 47.3 Å². The molecule has 1 aliphatic rings. The third-order valence-electron chi connectivity index (χ3n) is 3.23. The summed E-state index contributed by atoms with van der Waals surface area (Å²) in [5.74, 6) is 0. The molecular weight excluding hydrogens is 280 g/mol. The molecule has 4 heteroatoms. The van der Waals surface area contributed by atoms with Gasteiger partial charge in [-0.3, -0.25) is 0 Å². The number of nitrogens with two attached hydrogens (primary N) is 1. The molecule has 1 fully saturated rings. The van der Waals surface area contributed by atoms with Crippen LogP contribution in [0.1, 0.15) is 18.4 Å². The Balaban J connectivity index is 2.20. The van der Waals surface area contributed by atoms with Crippen LogP contribution in [0.2, 0.25) is 0 Å². The van der Waals surface area contributed by atoms with Crippen molar-refractivity contribution >= 4 is 21.6 Å². The van der Waals surface area contributed by atoms with Crippen molar-refractivity contribution in [2.75, 3.05) is 25.1 Å². The molecule has 1 heterocycles. The fraction of sp³-hybridized carbons (Fsp3) is 0.538. The highest BCUT2D eigenvalue weighted by atomic mass is 79.9. The number of ether oxygens (including phenoxy) is 1. The first kappa shape index (κ1) is 12.9. The molecule has 3 N–H and O–H groups in total. The summed E-state index contributed by atoms with van der Waals surface area (Å²) in [4.78, 5) is 0. The Morgan fingerprint density at radius 3 is 3.00 bits per heavy atom. The van der Waals surface area contributed by atoms with Gasteiger partial charge in [0.1, 0.15) is 0 Å². The second-order valence-corrected chi connectivity index (χ2v) is 5.60. The van der Waals surface area contributed by atoms with Gasteiger partial charge in [0.05, 0.1) is 12.1 Å². The second-order valence-electron chi connectivity index (χ2n) is 4.75. The zero-order valence-electron chi connectivity index (χ0n) is 10.1. The van der Waals surface area contributed by atoms with Crippen molar-refractivity contribution < 1.29 is 4.74 Å². The minimum atomic E-state index is -0.117. The minimum Gasteiger partial charge on any atom is -0.379 e. The smallest absolute Gasteiger partial charge is 0.0729 e. The highest BCUT2D eigenvalue weighted by molar-refractivity contribution is 9.10. The molecule has 2 rings (SSSR count). The number of aryl methyl sites for hydroxylation is 1. The Hall–Kier alpha value is -0.580. The number of anilines is 1. The Labute approximate surface area is 111 Å². The van der Waals surface area contributed by atoms with Gasteiger partial charge in [0, 0.05) is 23.3 Å². The molecule has 1 aliphatic heterocycles. The molecule has 0 aromatic heterocycles. The van der Waals surface area contributed by atoms with Crippen LogP contribution in [0.25, 0.3) is 0 Å². The first-order valence-corrected chi connectivity index (χ1v) is 6.77. The predicted octanol–water partition coefficient (Wildman–Crippen LogP) is 2.68. The number of hydrogen-bond acceptors (Lipinski definition) is 3. The van der Waals surface area contributed by atoms with E-state index in [2.05, 4.69) is 46.4 Å². The molecule has 1 unspecified atom stereocenters. The molecule has 94 valence electrons. The molecule has 1 aromatic rings. The molecule has 0 saturated carbocycles. The lowest BCUT2D eigenvalue weighted by Crippen LogP contribution is -2.51. The number of hydrogen-bond donors (Lipinski definition) is 2. The van der Waals surface area contributed by atoms with E-state index in [0.717, 1.165) is 29.6 Å². The maximum atomic E-state index is 5.92. The molecule has 0 spiro atoms. The van der Waals surface area contributed by atoms with Crippen molar-refractivity contribution in [1.82, 2.24) is 0 Å². The van der Waals surface area contributed by atoms with Gasteiger partial charge in [0.25, 0.3) is 0 Å². The van der Waals surface area contributed by atoms with E-state index in [1.165, 1.54) is 5.56 Å². The van der Waals surface area contributed by atoms with Crippen LogP contribution in [0.3, 0.4) is 0 Å². The molecule has 3 nitrogen and oxygen atoms in total. The normalized spacial score (nSPS) is 24.6. The number of benzene rings is 1. The van der Waals surface area contributed by atoms with E-state index >= 15 is 0 Å². The van der Waals surface area contributed by atoms with Crippen LogP contribution in [0, 0.1) is 6.92 Å². The summed E-state index contributed by atoms with van der Waals surface area (Å²) in [5.41, 5.74) is 8.13. The second kappa shape index (κ2) is 5.38. The zero-order chi connectivity index (χ0) is 12.3. The van der Waals surface area contributed by atoms with Gasteiger partial charge in [-0.25, -0.2) is 0 Å². The Morgan fingerprint density at radius 1 is 1.53 bits per heavy atom. The number of nitrogens with one attached hydrogen (secondary N) is 1. The maximum Gasteiger partial charge on any atom is 0.0729 e. The summed E-state index contributed by atoms with van der Waals surface area (Å²) < 4.78 is 6.63. The van der Waals surface area contributed by atoms with Crippen molar-refractivity contribution in [3.8, 4) is 0 Å². The first-order chi connectivity index (χ1) is 8.15. The quantitative estimate of drug-likeness (QED) is 0.902. The van der Waals surface area contributed by atoms with Gasteiger partial charge in [-0.05, 0) is 53.4 Å². The molecule has 0 aliphatic carbocycles. The molecule has 0 radical (unpaired) electrons. The van der Waals surface area contributed by atoms with Crippen molar-refractivity contribution in [1.29, 1.82) is 0 Å². The largest absolute Gasteiger partial charge is 0.379 e. The van der Waals surface area contributed by atoms with E-state index in [1.807, 2.05) is 0 Å². The van der Waals surface area contributed by atoms with Crippen LogP contribution in [-0.4, -0.2) is 25.3 Å². The third-order valence-corrected chi connectivity index (χ3v) is 3.93. The van der Waals surface area contributed by atoms with Gasteiger partial charge >= 0.3 is 0 Å². The lowest BCUT2D eigenvalue weighted by molar-refractivity contribution is 0.0502. The molecule has 17 heavy (non-hydrogen) atoms. The standard InChI is InChI=1S/C13H19BrN2O/c1-10-3-4-11(14)12(7-10)16-13(8-15)5-2-6-17-9-13/h3-4,7,16H,2,5-6,8-9,15H2,1H3. The van der Waals surface area contributed by atoms with Gasteiger partial charge in [-0.1, -0.05) is 6.07 Å². The molecule has 1 saturated heterocycles. The highest BCUT2D eigenvalue weighted by Crippen LogP contribution is 2.29. The van der Waals surface area contributed by atoms with Crippen molar-refractivity contribution in [3.05, 3.63) is 28.2 Å². The van der Waals surface area contributed by atoms with Crippen LogP contribution in [-0.2, 0) is 4.74 Å². The molecule has 1 aromatic carbocycles. The van der Waals surface area contributed by atoms with E-state index < -0.39 is 0 Å². The molecule has 0 amide bonds. The van der Waals surface area contributed by atoms with Gasteiger partial charge in [0.2, 0.25) is 0 Å². The molecular formula is C13H19BrN2O. The SMILES string of the molecule is Cc1ccc(Br)c(NC2(CN)CCCOC2)c1. The average Bonchev–Trinajstić information content (AvgIpc) is 2.35. The van der Waals surface area contributed by atoms with Crippen molar-refractivity contribution in [2.45, 2.75) is 25.3 Å². The minimum absolute atomic E-state index is 0.117. The molecule has 1 atom stereocenters. The maximum absolute atomic E-state index is 5.92. The lowest BCUT2D eigenvalue weighted by atomic mass is 9.92. The summed E-state index contributed by atoms with van der Waals surface area (Å²) in [6.45, 7) is 4.21. The summed E-state index contributed by atoms with van der Waals surface area (Å²) in [6.07, 6.45) is 2.12. The van der Waals surface area contributed by atoms with Crippen LogP contribution in [0.15, 0.2) is 22.7 Å². The van der Waals surface area contributed by atoms with Crippen molar-refractivity contribution in [2.24, 2.45) is 5.73 Å². The van der Waals surface area contributed by atoms with Crippen LogP contribution < -0.4 is 11.1 Å². The monoisotopic (exact) mass is 298 g/mol. The Morgan fingerprint density at radius 2 is 2.35 bits per heavy atom. The van der Waals surface area contributed by atoms with E-state index in [1.54, 1.807) is 0 Å². The first-order valence-electron chi connectivity index (χ1n) is 5.97. The Kier molecular flexibility index (Phi) is 4.07. The number of halogens is 1. The Bertz CT molecular complexity index is 389. The summed E-state index contributed by atoms with van der Waals surface area (Å²) >= 11 is 3.57. The average molecular weight is 299 g/mol. The van der Waals surface area contributed by atoms with Crippen LogP contribution in [0.5, 0.6) is 0 Å². The van der Waals surface area contributed by atoms with Crippen LogP contribution >= 0.6 is 15.9 Å².